The third kappa shape index (κ3) is 3.89. The van der Waals surface area contributed by atoms with Crippen molar-refractivity contribution in [3.63, 3.8) is 0 Å². The van der Waals surface area contributed by atoms with E-state index in [4.69, 9.17) is 4.74 Å². The molecular weight excluding hydrogens is 411 g/mol. The minimum Gasteiger partial charge on any atom is -0.505 e. The molecule has 164 valence electrons. The SMILES string of the molecule is CCC(C)OC(=O)C(C)c1c(C)n(C(=O)c2ccc(F)c(F)c2)c2ccc(O)c(F)c12. The second-order valence-electron chi connectivity index (χ2n) is 7.44. The monoisotopic (exact) mass is 433 g/mol. The van der Waals surface area contributed by atoms with E-state index in [-0.39, 0.29) is 33.8 Å². The molecule has 0 spiro atoms. The van der Waals surface area contributed by atoms with Crippen LogP contribution < -0.4 is 0 Å². The lowest BCUT2D eigenvalue weighted by Crippen LogP contribution is -2.20. The molecule has 31 heavy (non-hydrogen) atoms. The molecule has 0 saturated carbocycles. The fourth-order valence-electron chi connectivity index (χ4n) is 3.53. The number of hydrogen-bond donors (Lipinski definition) is 1. The summed E-state index contributed by atoms with van der Waals surface area (Å²) >= 11 is 0. The van der Waals surface area contributed by atoms with Gasteiger partial charge in [-0.2, -0.15) is 0 Å². The molecule has 0 saturated heterocycles. The van der Waals surface area contributed by atoms with E-state index >= 15 is 0 Å². The van der Waals surface area contributed by atoms with Gasteiger partial charge in [0.15, 0.2) is 23.2 Å². The highest BCUT2D eigenvalue weighted by molar-refractivity contribution is 6.05. The Hall–Kier alpha value is -3.29. The van der Waals surface area contributed by atoms with Crippen molar-refractivity contribution >= 4 is 22.8 Å². The van der Waals surface area contributed by atoms with Gasteiger partial charge in [0.2, 0.25) is 0 Å². The number of esters is 1. The van der Waals surface area contributed by atoms with Crippen LogP contribution in [0.5, 0.6) is 5.75 Å². The number of halogens is 3. The number of ether oxygens (including phenoxy) is 1. The lowest BCUT2D eigenvalue weighted by Gasteiger charge is -2.16. The van der Waals surface area contributed by atoms with E-state index in [1.807, 2.05) is 6.92 Å². The van der Waals surface area contributed by atoms with Crippen LogP contribution in [0.15, 0.2) is 30.3 Å². The summed E-state index contributed by atoms with van der Waals surface area (Å²) < 4.78 is 48.4. The van der Waals surface area contributed by atoms with Gasteiger partial charge in [0.25, 0.3) is 5.91 Å². The van der Waals surface area contributed by atoms with E-state index in [2.05, 4.69) is 0 Å². The highest BCUT2D eigenvalue weighted by Crippen LogP contribution is 2.37. The first-order chi connectivity index (χ1) is 14.6. The van der Waals surface area contributed by atoms with Crippen LogP contribution in [0, 0.1) is 24.4 Å². The lowest BCUT2D eigenvalue weighted by atomic mass is 9.97. The van der Waals surface area contributed by atoms with Gasteiger partial charge < -0.3 is 9.84 Å². The number of phenols is 1. The Morgan fingerprint density at radius 1 is 1.10 bits per heavy atom. The van der Waals surface area contributed by atoms with Crippen molar-refractivity contribution < 1.29 is 32.6 Å². The Morgan fingerprint density at radius 3 is 2.39 bits per heavy atom. The van der Waals surface area contributed by atoms with Crippen molar-refractivity contribution in [1.29, 1.82) is 0 Å². The number of rotatable bonds is 5. The lowest BCUT2D eigenvalue weighted by molar-refractivity contribution is -0.149. The Morgan fingerprint density at radius 2 is 1.77 bits per heavy atom. The van der Waals surface area contributed by atoms with Crippen LogP contribution in [0.1, 0.15) is 54.7 Å². The molecule has 2 atom stereocenters. The third-order valence-electron chi connectivity index (χ3n) is 5.38. The van der Waals surface area contributed by atoms with Crippen molar-refractivity contribution in [2.45, 2.75) is 46.1 Å². The average Bonchev–Trinajstić information content (AvgIpc) is 3.03. The molecular formula is C23H22F3NO4. The van der Waals surface area contributed by atoms with Crippen LogP contribution in [0.3, 0.4) is 0 Å². The molecule has 0 bridgehead atoms. The van der Waals surface area contributed by atoms with Gasteiger partial charge in [0.05, 0.1) is 17.5 Å². The summed E-state index contributed by atoms with van der Waals surface area (Å²) in [7, 11) is 0. The molecule has 0 radical (unpaired) electrons. The summed E-state index contributed by atoms with van der Waals surface area (Å²) in [6, 6.07) is 5.10. The van der Waals surface area contributed by atoms with Gasteiger partial charge in [-0.15, -0.1) is 0 Å². The normalized spacial score (nSPS) is 13.3. The zero-order valence-corrected chi connectivity index (χ0v) is 17.5. The first-order valence-corrected chi connectivity index (χ1v) is 9.81. The summed E-state index contributed by atoms with van der Waals surface area (Å²) in [4.78, 5) is 25.8. The molecule has 1 heterocycles. The predicted octanol–water partition coefficient (Wildman–Crippen LogP) is 5.21. The van der Waals surface area contributed by atoms with E-state index in [9.17, 15) is 27.9 Å². The van der Waals surface area contributed by atoms with Gasteiger partial charge >= 0.3 is 5.97 Å². The first-order valence-electron chi connectivity index (χ1n) is 9.81. The van der Waals surface area contributed by atoms with E-state index < -0.39 is 41.0 Å². The second kappa shape index (κ2) is 8.45. The average molecular weight is 433 g/mol. The maximum absolute atomic E-state index is 15.0. The van der Waals surface area contributed by atoms with Crippen LogP contribution in [0.4, 0.5) is 13.2 Å². The number of aromatic nitrogens is 1. The maximum atomic E-state index is 15.0. The third-order valence-corrected chi connectivity index (χ3v) is 5.38. The molecule has 0 aliphatic carbocycles. The van der Waals surface area contributed by atoms with Gasteiger partial charge in [-0.1, -0.05) is 6.92 Å². The molecule has 1 aromatic heterocycles. The van der Waals surface area contributed by atoms with E-state index in [0.29, 0.717) is 6.42 Å². The standard InChI is InChI=1S/C23H22F3NO4/c1-5-11(2)31-23(30)12(3)19-13(4)27(17-8-9-18(28)21(26)20(17)19)22(29)14-6-7-15(24)16(25)10-14/h6-12,28H,5H2,1-4H3. The zero-order chi connectivity index (χ0) is 23.0. The van der Waals surface area contributed by atoms with Crippen LogP contribution in [0.25, 0.3) is 10.9 Å². The van der Waals surface area contributed by atoms with Crippen molar-refractivity contribution in [1.82, 2.24) is 4.57 Å². The smallest absolute Gasteiger partial charge is 0.313 e. The quantitative estimate of drug-likeness (QED) is 0.561. The minimum absolute atomic E-state index is 0.0840. The van der Waals surface area contributed by atoms with Gasteiger partial charge in [-0.3, -0.25) is 14.2 Å². The zero-order valence-electron chi connectivity index (χ0n) is 17.5. The molecule has 0 amide bonds. The Labute approximate surface area is 177 Å². The molecule has 5 nitrogen and oxygen atoms in total. The van der Waals surface area contributed by atoms with Crippen molar-refractivity contribution in [3.05, 3.63) is 64.6 Å². The Balaban J connectivity index is 2.23. The highest BCUT2D eigenvalue weighted by atomic mass is 19.2. The number of carbonyl (C=O) groups is 2. The fraction of sp³-hybridized carbons (Fsp3) is 0.304. The molecule has 0 aliphatic heterocycles. The topological polar surface area (TPSA) is 68.5 Å². The Bertz CT molecular complexity index is 1190. The predicted molar refractivity (Wildman–Crippen MR) is 109 cm³/mol. The fourth-order valence-corrected chi connectivity index (χ4v) is 3.53. The van der Waals surface area contributed by atoms with Crippen molar-refractivity contribution in [3.8, 4) is 5.75 Å². The van der Waals surface area contributed by atoms with Crippen molar-refractivity contribution in [2.24, 2.45) is 0 Å². The van der Waals surface area contributed by atoms with Gasteiger partial charge in [0, 0.05) is 16.6 Å². The maximum Gasteiger partial charge on any atom is 0.313 e. The summed E-state index contributed by atoms with van der Waals surface area (Å²) in [5.74, 6) is -6.24. The molecule has 8 heteroatoms. The van der Waals surface area contributed by atoms with Gasteiger partial charge in [-0.25, -0.2) is 13.2 Å². The minimum atomic E-state index is -1.20. The van der Waals surface area contributed by atoms with Gasteiger partial charge in [-0.05, 0) is 63.1 Å². The molecule has 0 fully saturated rings. The number of benzene rings is 2. The molecule has 3 rings (SSSR count). The molecule has 2 unspecified atom stereocenters. The molecule has 1 N–H and O–H groups in total. The first kappa shape index (κ1) is 22.4. The largest absolute Gasteiger partial charge is 0.505 e. The van der Waals surface area contributed by atoms with Crippen LogP contribution in [0.2, 0.25) is 0 Å². The molecule has 3 aromatic rings. The second-order valence-corrected chi connectivity index (χ2v) is 7.44. The number of aromatic hydroxyl groups is 1. The van der Waals surface area contributed by atoms with Crippen LogP contribution in [-0.4, -0.2) is 27.7 Å². The summed E-state index contributed by atoms with van der Waals surface area (Å²) in [6.07, 6.45) is 0.230. The van der Waals surface area contributed by atoms with E-state index in [1.165, 1.54) is 19.9 Å². The summed E-state index contributed by atoms with van der Waals surface area (Å²) in [5, 5.41) is 9.78. The molecule has 2 aromatic carbocycles. The number of hydrogen-bond acceptors (Lipinski definition) is 4. The van der Waals surface area contributed by atoms with Crippen molar-refractivity contribution in [2.75, 3.05) is 0 Å². The van der Waals surface area contributed by atoms with Gasteiger partial charge in [0.1, 0.15) is 0 Å². The van der Waals surface area contributed by atoms with Crippen LogP contribution >= 0.6 is 0 Å². The number of carbonyl (C=O) groups excluding carboxylic acids is 2. The number of phenolic OH excluding ortho intramolecular Hbond substituents is 1. The summed E-state index contributed by atoms with van der Waals surface area (Å²) in [5.41, 5.74) is 0.324. The summed E-state index contributed by atoms with van der Waals surface area (Å²) in [6.45, 7) is 6.59. The highest BCUT2D eigenvalue weighted by Gasteiger charge is 2.30. The van der Waals surface area contributed by atoms with E-state index in [1.54, 1.807) is 6.92 Å². The number of fused-ring (bicyclic) bond motifs is 1. The number of nitrogens with zero attached hydrogens (tertiary/aromatic N) is 1. The van der Waals surface area contributed by atoms with E-state index in [0.717, 1.165) is 28.8 Å². The Kier molecular flexibility index (Phi) is 6.10. The van der Waals surface area contributed by atoms with Crippen LogP contribution in [-0.2, 0) is 9.53 Å². The molecule has 0 aliphatic rings.